The molecule has 16 aliphatic carbocycles. The van der Waals surface area contributed by atoms with Crippen LogP contribution in [0.2, 0.25) is 32.7 Å². The van der Waals surface area contributed by atoms with Gasteiger partial charge in [0.15, 0.2) is 0 Å². The molecule has 87 heavy (non-hydrogen) atoms. The molecule has 4 N–H and O–H groups in total. The molecule has 2 aromatic carbocycles. The Morgan fingerprint density at radius 2 is 0.966 bits per heavy atom. The highest BCUT2D eigenvalue weighted by molar-refractivity contribution is 7.98. The topological polar surface area (TPSA) is 73.4 Å². The van der Waals surface area contributed by atoms with Crippen molar-refractivity contribution in [2.24, 2.45) is 76.0 Å². The second kappa shape index (κ2) is 24.9. The van der Waals surface area contributed by atoms with Gasteiger partial charge in [-0.2, -0.15) is 0 Å². The van der Waals surface area contributed by atoms with Gasteiger partial charge in [-0.1, -0.05) is 86.5 Å². The lowest BCUT2D eigenvalue weighted by Crippen LogP contribution is -2.59. The first-order valence-electron chi connectivity index (χ1n) is 35.4. The van der Waals surface area contributed by atoms with E-state index in [9.17, 15) is 0 Å². The number of thioether (sulfide) groups is 1. The highest BCUT2D eigenvalue weighted by Gasteiger charge is 2.54. The minimum atomic E-state index is -1.12. The molecule has 0 saturated heterocycles. The molecule has 16 fully saturated rings. The van der Waals surface area contributed by atoms with Crippen molar-refractivity contribution >= 4 is 83.7 Å². The normalized spacial score (nSPS) is 37.2. The SMILES string of the molecule is CSc1ccccc1-c1cnc(CNC23CC4CC(CC(C4)C2)C3)s1.C[SiH](C)c1ccc(CNC23CC4CC(CC(C4)C2)C3)cc1.C[Si](C)(C)c1ccc(CNC23CC4CC(CC(C4)C2)C3)s1.c1cc2c(s1)CC(CNC13CC4CC(CC(C4)C1)C3)=N2. The van der Waals surface area contributed by atoms with Crippen molar-refractivity contribution in [3.63, 3.8) is 0 Å². The van der Waals surface area contributed by atoms with Gasteiger partial charge in [0.1, 0.15) is 5.01 Å². The van der Waals surface area contributed by atoms with E-state index >= 15 is 0 Å². The van der Waals surface area contributed by atoms with Gasteiger partial charge in [0, 0.05) is 86.9 Å². The van der Waals surface area contributed by atoms with Gasteiger partial charge in [-0.05, 0) is 265 Å². The Labute approximate surface area is 543 Å². The Morgan fingerprint density at radius 3 is 1.40 bits per heavy atom. The van der Waals surface area contributed by atoms with Crippen LogP contribution in [0.15, 0.2) is 88.2 Å². The Balaban J connectivity index is 0.0000000980. The smallest absolute Gasteiger partial charge is 0.107 e. The van der Waals surface area contributed by atoms with Gasteiger partial charge in [-0.3, -0.25) is 4.99 Å². The Hall–Kier alpha value is -2.24. The molecule has 468 valence electrons. The first-order chi connectivity index (χ1) is 42.0. The molecule has 3 aromatic heterocycles. The van der Waals surface area contributed by atoms with Crippen molar-refractivity contribution in [1.29, 1.82) is 0 Å². The minimum Gasteiger partial charge on any atom is -0.307 e. The van der Waals surface area contributed by atoms with E-state index in [1.807, 2.05) is 34.4 Å². The van der Waals surface area contributed by atoms with E-state index in [1.165, 1.54) is 177 Å². The lowest BCUT2D eigenvalue weighted by molar-refractivity contribution is -0.0207. The monoisotopic (exact) mass is 1270 g/mol. The molecule has 16 bridgehead atoms. The molecule has 0 atom stereocenters. The number of aliphatic imine (C=N–C) groups is 1. The Bertz CT molecular complexity index is 3080. The summed E-state index contributed by atoms with van der Waals surface area (Å²) in [5.41, 5.74) is 7.32. The van der Waals surface area contributed by atoms with Crippen LogP contribution in [0.1, 0.15) is 174 Å². The summed E-state index contributed by atoms with van der Waals surface area (Å²) in [5, 5.41) is 21.0. The van der Waals surface area contributed by atoms with E-state index in [0.29, 0.717) is 22.2 Å². The van der Waals surface area contributed by atoms with E-state index in [4.69, 9.17) is 9.98 Å². The van der Waals surface area contributed by atoms with Crippen LogP contribution >= 0.6 is 45.8 Å². The van der Waals surface area contributed by atoms with Gasteiger partial charge in [0.25, 0.3) is 0 Å². The van der Waals surface area contributed by atoms with Crippen molar-refractivity contribution in [3.05, 3.63) is 98.6 Å². The number of thiazole rings is 1. The van der Waals surface area contributed by atoms with E-state index < -0.39 is 16.9 Å². The van der Waals surface area contributed by atoms with Crippen LogP contribution in [0.4, 0.5) is 5.69 Å². The third-order valence-electron chi connectivity index (χ3n) is 25.1. The number of aromatic nitrogens is 1. The summed E-state index contributed by atoms with van der Waals surface area (Å²) in [7, 11) is -1.76. The quantitative estimate of drug-likeness (QED) is 0.0583. The van der Waals surface area contributed by atoms with Crippen molar-refractivity contribution in [1.82, 2.24) is 26.3 Å². The highest BCUT2D eigenvalue weighted by Crippen LogP contribution is 2.59. The molecular weight excluding hydrogens is 1170 g/mol. The molecule has 0 radical (unpaired) electrons. The maximum absolute atomic E-state index is 4.79. The summed E-state index contributed by atoms with van der Waals surface area (Å²) in [4.78, 5) is 15.2. The lowest BCUT2D eigenvalue weighted by atomic mass is 9.53. The number of fused-ring (bicyclic) bond motifs is 1. The van der Waals surface area contributed by atoms with Gasteiger partial charge in [-0.15, -0.1) is 45.8 Å². The molecule has 5 aromatic rings. The average molecular weight is 1280 g/mol. The van der Waals surface area contributed by atoms with Crippen LogP contribution < -0.4 is 31.0 Å². The molecule has 1 aliphatic heterocycles. The predicted molar refractivity (Wildman–Crippen MR) is 379 cm³/mol. The molecule has 6 nitrogen and oxygen atoms in total. The van der Waals surface area contributed by atoms with Crippen LogP contribution in [0.25, 0.3) is 10.4 Å². The third kappa shape index (κ3) is 13.6. The molecule has 16 saturated carbocycles. The molecule has 4 heterocycles. The zero-order valence-corrected chi connectivity index (χ0v) is 59.5. The molecule has 0 unspecified atom stereocenters. The van der Waals surface area contributed by atoms with Gasteiger partial charge in [-0.25, -0.2) is 4.98 Å². The van der Waals surface area contributed by atoms with Crippen molar-refractivity contribution in [3.8, 4) is 10.4 Å². The number of benzene rings is 2. The summed E-state index contributed by atoms with van der Waals surface area (Å²) in [6, 6.07) is 25.1. The fourth-order valence-corrected chi connectivity index (χ4v) is 29.0. The number of hydrogen-bond donors (Lipinski definition) is 4. The summed E-state index contributed by atoms with van der Waals surface area (Å²) in [6.07, 6.45) is 40.9. The number of thiophene rings is 2. The standard InChI is InChI=1S/C21H26N2S2.C19H29NSi.C18H29NSSi.C17H22N2S/c1-24-18-5-3-2-4-17(18)19-12-22-20(25-19)13-23-21-9-14-6-15(10-21)8-16(7-14)11-21;1-21(2)18-5-3-14(4-6-18)13-20-19-10-15-7-16(11-19)9-17(8-15)12-19;1-21(2,3)17-5-4-16(20-17)12-19-18-9-13-6-14(10-18)8-15(7-13)11-18;1-2-20-16-6-14(19-15(1)16)10-18-17-7-11-3-12(8-17)5-13(4-11)9-17/h2-5,12,14-16,23H,6-11,13H2,1H3;3-6,15-17,20-21H,7-13H2,1-2H3;4-5,13-15,19H,6-12H2,1-3H3;1-2,11-13,18H,3-10H2. The van der Waals surface area contributed by atoms with E-state index in [1.54, 1.807) is 33.8 Å². The van der Waals surface area contributed by atoms with Crippen LogP contribution in [0.5, 0.6) is 0 Å². The van der Waals surface area contributed by atoms with Gasteiger partial charge >= 0.3 is 0 Å². The molecular formula is C75H106N6S4Si2. The summed E-state index contributed by atoms with van der Waals surface area (Å²) in [5.74, 6) is 12.3. The van der Waals surface area contributed by atoms with Gasteiger partial charge < -0.3 is 21.3 Å². The van der Waals surface area contributed by atoms with E-state index in [2.05, 4.69) is 150 Å². The molecule has 17 aliphatic rings. The van der Waals surface area contributed by atoms with Crippen LogP contribution in [-0.4, -0.2) is 62.5 Å². The highest BCUT2D eigenvalue weighted by atomic mass is 32.2. The van der Waals surface area contributed by atoms with E-state index in [-0.39, 0.29) is 0 Å². The van der Waals surface area contributed by atoms with Gasteiger partial charge in [0.05, 0.1) is 27.4 Å². The van der Waals surface area contributed by atoms with Crippen molar-refractivity contribution < 1.29 is 0 Å². The lowest BCUT2D eigenvalue weighted by Gasteiger charge is -2.57. The zero-order chi connectivity index (χ0) is 59.1. The summed E-state index contributed by atoms with van der Waals surface area (Å²) >= 11 is 7.60. The van der Waals surface area contributed by atoms with Crippen molar-refractivity contribution in [2.75, 3.05) is 12.8 Å². The second-order valence-corrected chi connectivity index (χ2v) is 46.0. The van der Waals surface area contributed by atoms with Crippen LogP contribution in [0, 0.1) is 71.0 Å². The first kappa shape index (κ1) is 61.0. The van der Waals surface area contributed by atoms with Crippen LogP contribution in [-0.2, 0) is 26.1 Å². The maximum atomic E-state index is 4.79. The van der Waals surface area contributed by atoms with Crippen LogP contribution in [0.3, 0.4) is 0 Å². The zero-order valence-electron chi connectivity index (χ0n) is 54.0. The summed E-state index contributed by atoms with van der Waals surface area (Å²) < 4.78 is 1.66. The third-order valence-corrected chi connectivity index (χ3v) is 34.2. The largest absolute Gasteiger partial charge is 0.307 e. The average Bonchev–Trinajstić information content (AvgIpc) is 1.81. The number of nitrogens with zero attached hydrogens (tertiary/aromatic N) is 2. The molecule has 22 rings (SSSR count). The second-order valence-electron chi connectivity index (χ2n) is 33.5. The first-order valence-corrected chi connectivity index (χ1v) is 45.6. The fourth-order valence-electron chi connectivity index (χ4n) is 22.7. The molecule has 0 amide bonds. The molecule has 0 spiro atoms. The maximum Gasteiger partial charge on any atom is 0.107 e. The van der Waals surface area contributed by atoms with E-state index in [0.717, 1.165) is 104 Å². The number of rotatable bonds is 16. The predicted octanol–water partition coefficient (Wildman–Crippen LogP) is 17.3. The number of hydrogen-bond acceptors (Lipinski definition) is 10. The molecule has 12 heteroatoms. The Kier molecular flexibility index (Phi) is 17.5. The fraction of sp³-hybridized carbons (Fsp3) is 0.680. The summed E-state index contributed by atoms with van der Waals surface area (Å²) in [6.45, 7) is 16.3. The number of nitrogens with one attached hydrogen (secondary N) is 4. The van der Waals surface area contributed by atoms with Crippen molar-refractivity contribution in [2.45, 2.75) is 240 Å². The Morgan fingerprint density at radius 1 is 0.517 bits per heavy atom. The van der Waals surface area contributed by atoms with Gasteiger partial charge in [0.2, 0.25) is 0 Å². The minimum absolute atomic E-state index is 0.428.